The molecule has 22 heavy (non-hydrogen) atoms. The van der Waals surface area contributed by atoms with Crippen molar-refractivity contribution in [2.45, 2.75) is 20.3 Å². The highest BCUT2D eigenvalue weighted by Crippen LogP contribution is 2.23. The van der Waals surface area contributed by atoms with E-state index in [1.54, 1.807) is 18.2 Å². The molecule has 2 N–H and O–H groups in total. The van der Waals surface area contributed by atoms with E-state index in [2.05, 4.69) is 10.5 Å². The molecule has 0 atom stereocenters. The first-order chi connectivity index (χ1) is 10.4. The van der Waals surface area contributed by atoms with Gasteiger partial charge in [0.25, 0.3) is 5.91 Å². The highest BCUT2D eigenvalue weighted by atomic mass is 35.5. The van der Waals surface area contributed by atoms with E-state index in [9.17, 15) is 4.79 Å². The molecule has 0 unspecified atom stereocenters. The molecule has 1 heterocycles. The Hall–Kier alpha value is -1.85. The third-order valence-electron chi connectivity index (χ3n) is 3.37. The van der Waals surface area contributed by atoms with E-state index >= 15 is 0 Å². The molecule has 1 amide bonds. The molecule has 0 fully saturated rings. The van der Waals surface area contributed by atoms with Gasteiger partial charge >= 0.3 is 0 Å². The molecule has 2 aromatic rings. The molecule has 0 aliphatic heterocycles. The predicted molar refractivity (Wildman–Crippen MR) is 84.8 cm³/mol. The number of carbonyl (C=O) groups is 1. The maximum Gasteiger partial charge on any atom is 0.289 e. The van der Waals surface area contributed by atoms with E-state index in [0.717, 1.165) is 5.56 Å². The Labute approximate surface area is 134 Å². The summed E-state index contributed by atoms with van der Waals surface area (Å²) in [5, 5.41) is 16.3. The molecule has 0 saturated heterocycles. The summed E-state index contributed by atoms with van der Waals surface area (Å²) in [5.41, 5.74) is 1.17. The van der Waals surface area contributed by atoms with Crippen molar-refractivity contribution in [3.05, 3.63) is 41.1 Å². The predicted octanol–water partition coefficient (Wildman–Crippen LogP) is 3.13. The Balaban J connectivity index is 2.03. The molecule has 1 aromatic carbocycles. The summed E-state index contributed by atoms with van der Waals surface area (Å²) in [5.74, 6) is -0.179. The third kappa shape index (κ3) is 4.32. The van der Waals surface area contributed by atoms with Gasteiger partial charge < -0.3 is 14.9 Å². The third-order valence-corrected chi connectivity index (χ3v) is 3.61. The quantitative estimate of drug-likeness (QED) is 0.856. The van der Waals surface area contributed by atoms with Crippen molar-refractivity contribution in [3.63, 3.8) is 0 Å². The highest BCUT2D eigenvalue weighted by molar-refractivity contribution is 6.30. The van der Waals surface area contributed by atoms with E-state index in [-0.39, 0.29) is 23.7 Å². The van der Waals surface area contributed by atoms with Crippen molar-refractivity contribution >= 4 is 17.5 Å². The summed E-state index contributed by atoms with van der Waals surface area (Å²) in [7, 11) is 0. The van der Waals surface area contributed by atoms with E-state index < -0.39 is 0 Å². The van der Waals surface area contributed by atoms with Crippen LogP contribution in [0.4, 0.5) is 0 Å². The zero-order chi connectivity index (χ0) is 16.2. The van der Waals surface area contributed by atoms with E-state index in [1.807, 2.05) is 26.0 Å². The normalized spacial score (nSPS) is 11.5. The monoisotopic (exact) mass is 322 g/mol. The molecule has 2 rings (SSSR count). The molecule has 6 heteroatoms. The van der Waals surface area contributed by atoms with Crippen LogP contribution in [-0.2, 0) is 0 Å². The summed E-state index contributed by atoms with van der Waals surface area (Å²) >= 11 is 5.94. The van der Waals surface area contributed by atoms with E-state index in [4.69, 9.17) is 21.2 Å². The summed E-state index contributed by atoms with van der Waals surface area (Å²) in [6.45, 7) is 4.48. The smallest absolute Gasteiger partial charge is 0.289 e. The number of carbonyl (C=O) groups excluding carboxylic acids is 1. The van der Waals surface area contributed by atoms with Gasteiger partial charge in [0, 0.05) is 29.8 Å². The SMILES string of the molecule is CC(C)(CCO)CNC(=O)c1cc(-c2cccc(Cl)c2)no1. The van der Waals surface area contributed by atoms with Gasteiger partial charge in [-0.2, -0.15) is 0 Å². The summed E-state index contributed by atoms with van der Waals surface area (Å²) in [4.78, 5) is 12.1. The molecule has 5 nitrogen and oxygen atoms in total. The van der Waals surface area contributed by atoms with Crippen molar-refractivity contribution in [3.8, 4) is 11.3 Å². The molecule has 0 spiro atoms. The zero-order valence-electron chi connectivity index (χ0n) is 12.6. The number of aliphatic hydroxyl groups is 1. The molecule has 0 saturated carbocycles. The molecule has 0 radical (unpaired) electrons. The van der Waals surface area contributed by atoms with E-state index in [1.165, 1.54) is 0 Å². The van der Waals surface area contributed by atoms with Crippen molar-refractivity contribution in [2.24, 2.45) is 5.41 Å². The van der Waals surface area contributed by atoms with Crippen molar-refractivity contribution < 1.29 is 14.4 Å². The average Bonchev–Trinajstić information content (AvgIpc) is 2.95. The number of amides is 1. The number of aliphatic hydroxyl groups excluding tert-OH is 1. The maximum absolute atomic E-state index is 12.1. The number of aromatic nitrogens is 1. The minimum absolute atomic E-state index is 0.0874. The fraction of sp³-hybridized carbons (Fsp3) is 0.375. The van der Waals surface area contributed by atoms with Gasteiger partial charge in [0.05, 0.1) is 0 Å². The van der Waals surface area contributed by atoms with Crippen LogP contribution in [0.1, 0.15) is 30.8 Å². The van der Waals surface area contributed by atoms with Crippen LogP contribution < -0.4 is 5.32 Å². The summed E-state index contributed by atoms with van der Waals surface area (Å²) < 4.78 is 5.09. The molecule has 0 bridgehead atoms. The van der Waals surface area contributed by atoms with Crippen molar-refractivity contribution in [1.82, 2.24) is 10.5 Å². The Morgan fingerprint density at radius 1 is 1.41 bits per heavy atom. The molecule has 0 aliphatic carbocycles. The lowest BCUT2D eigenvalue weighted by Crippen LogP contribution is -2.34. The second kappa shape index (κ2) is 6.94. The summed E-state index contributed by atoms with van der Waals surface area (Å²) in [6.07, 6.45) is 0.609. The van der Waals surface area contributed by atoms with Gasteiger partial charge in [-0.15, -0.1) is 0 Å². The summed E-state index contributed by atoms with van der Waals surface area (Å²) in [6, 6.07) is 8.76. The van der Waals surface area contributed by atoms with Crippen LogP contribution in [0.15, 0.2) is 34.9 Å². The number of nitrogens with zero attached hydrogens (tertiary/aromatic N) is 1. The Bertz CT molecular complexity index is 652. The van der Waals surface area contributed by atoms with Crippen LogP contribution in [0.25, 0.3) is 11.3 Å². The van der Waals surface area contributed by atoms with E-state index in [0.29, 0.717) is 23.7 Å². The molecule has 0 aliphatic rings. The molecular formula is C16H19ClN2O3. The lowest BCUT2D eigenvalue weighted by atomic mass is 9.90. The second-order valence-corrected chi connectivity index (χ2v) is 6.34. The molecule has 118 valence electrons. The van der Waals surface area contributed by atoms with Crippen LogP contribution in [0.2, 0.25) is 5.02 Å². The first kappa shape index (κ1) is 16.5. The topological polar surface area (TPSA) is 75.4 Å². The fourth-order valence-electron chi connectivity index (χ4n) is 1.96. The minimum atomic E-state index is -0.327. The number of benzene rings is 1. The largest absolute Gasteiger partial charge is 0.396 e. The van der Waals surface area contributed by atoms with Crippen LogP contribution in [0.3, 0.4) is 0 Å². The molecular weight excluding hydrogens is 304 g/mol. The van der Waals surface area contributed by atoms with Gasteiger partial charge in [-0.25, -0.2) is 0 Å². The number of hydrogen-bond acceptors (Lipinski definition) is 4. The Morgan fingerprint density at radius 2 is 2.18 bits per heavy atom. The van der Waals surface area contributed by atoms with Crippen LogP contribution in [0.5, 0.6) is 0 Å². The molecule has 1 aromatic heterocycles. The number of nitrogens with one attached hydrogen (secondary N) is 1. The Kier molecular flexibility index (Phi) is 5.21. The van der Waals surface area contributed by atoms with Gasteiger partial charge in [0.1, 0.15) is 5.69 Å². The second-order valence-electron chi connectivity index (χ2n) is 5.91. The van der Waals surface area contributed by atoms with Gasteiger partial charge in [0.15, 0.2) is 0 Å². The van der Waals surface area contributed by atoms with Crippen LogP contribution in [0, 0.1) is 5.41 Å². The van der Waals surface area contributed by atoms with Gasteiger partial charge in [-0.1, -0.05) is 42.7 Å². The average molecular weight is 323 g/mol. The van der Waals surface area contributed by atoms with Crippen molar-refractivity contribution in [2.75, 3.05) is 13.2 Å². The highest BCUT2D eigenvalue weighted by Gasteiger charge is 2.20. The fourth-order valence-corrected chi connectivity index (χ4v) is 2.15. The van der Waals surface area contributed by atoms with Gasteiger partial charge in [-0.3, -0.25) is 4.79 Å². The van der Waals surface area contributed by atoms with Crippen LogP contribution >= 0.6 is 11.6 Å². The van der Waals surface area contributed by atoms with Gasteiger partial charge in [-0.05, 0) is 24.0 Å². The maximum atomic E-state index is 12.1. The first-order valence-corrected chi connectivity index (χ1v) is 7.41. The van der Waals surface area contributed by atoms with Gasteiger partial charge in [0.2, 0.25) is 5.76 Å². The lowest BCUT2D eigenvalue weighted by molar-refractivity contribution is 0.0891. The standard InChI is InChI=1S/C16H19ClN2O3/c1-16(2,6-7-20)10-18-15(21)14-9-13(19-22-14)11-4-3-5-12(17)8-11/h3-5,8-9,20H,6-7,10H2,1-2H3,(H,18,21). The first-order valence-electron chi connectivity index (χ1n) is 7.03. The number of rotatable bonds is 6. The number of hydrogen-bond donors (Lipinski definition) is 2. The minimum Gasteiger partial charge on any atom is -0.396 e. The number of halogens is 1. The van der Waals surface area contributed by atoms with Crippen molar-refractivity contribution in [1.29, 1.82) is 0 Å². The van der Waals surface area contributed by atoms with Crippen LogP contribution in [-0.4, -0.2) is 29.3 Å². The Morgan fingerprint density at radius 3 is 2.86 bits per heavy atom. The lowest BCUT2D eigenvalue weighted by Gasteiger charge is -2.23. The zero-order valence-corrected chi connectivity index (χ0v) is 13.4.